The van der Waals surface area contributed by atoms with E-state index in [1.54, 1.807) is 38.3 Å². The molecule has 1 amide bonds. The molecular weight excluding hydrogens is 439 g/mol. The van der Waals surface area contributed by atoms with Gasteiger partial charge in [-0.2, -0.15) is 0 Å². The van der Waals surface area contributed by atoms with Crippen molar-refractivity contribution in [2.24, 2.45) is 0 Å². The number of carbonyl (C=O) groups is 1. The van der Waals surface area contributed by atoms with Gasteiger partial charge in [0.1, 0.15) is 11.6 Å². The van der Waals surface area contributed by atoms with E-state index in [-0.39, 0.29) is 13.2 Å². The Bertz CT molecular complexity index is 1220. The van der Waals surface area contributed by atoms with Crippen molar-refractivity contribution in [2.45, 2.75) is 31.7 Å². The minimum absolute atomic E-state index is 0. The number of aromatic nitrogens is 1. The van der Waals surface area contributed by atoms with Gasteiger partial charge >= 0.3 is 0 Å². The Morgan fingerprint density at radius 2 is 1.91 bits per heavy atom. The number of benzene rings is 2. The Labute approximate surface area is 199 Å². The number of hydrogen-bond donors (Lipinski definition) is 0. The monoisotopic (exact) mass is 468 g/mol. The molecule has 0 unspecified atom stereocenters. The minimum atomic E-state index is -0.604. The summed E-state index contributed by atoms with van der Waals surface area (Å²) in [5.74, 6) is 1.08. The predicted molar refractivity (Wildman–Crippen MR) is 125 cm³/mol. The molecule has 1 spiro atoms. The third-order valence-electron chi connectivity index (χ3n) is 6.60. The molecular formula is C26H29FN2O5. The highest BCUT2D eigenvalue weighted by Gasteiger charge is 2.44. The number of nitrogens with zero attached hydrogens (tertiary/aromatic N) is 2. The lowest BCUT2D eigenvalue weighted by atomic mass is 9.86. The zero-order valence-electron chi connectivity index (χ0n) is 19.4. The molecule has 1 aromatic heterocycles. The van der Waals surface area contributed by atoms with Crippen LogP contribution in [0.25, 0.3) is 5.69 Å². The average Bonchev–Trinajstić information content (AvgIpc) is 3.35. The molecule has 5 rings (SSSR count). The lowest BCUT2D eigenvalue weighted by Crippen LogP contribution is -2.50. The topological polar surface area (TPSA) is 62.2 Å². The summed E-state index contributed by atoms with van der Waals surface area (Å²) < 4.78 is 38.6. The molecule has 180 valence electrons. The van der Waals surface area contributed by atoms with Gasteiger partial charge in [-0.25, -0.2) is 4.39 Å². The second-order valence-electron chi connectivity index (χ2n) is 8.55. The lowest BCUT2D eigenvalue weighted by Gasteiger charge is -2.45. The molecule has 1 saturated heterocycles. The number of carbonyl (C=O) groups excluding carboxylic acids is 1. The molecule has 0 bridgehead atoms. The first-order valence-electron chi connectivity index (χ1n) is 11.3. The first kappa shape index (κ1) is 22.3. The Morgan fingerprint density at radius 1 is 1.12 bits per heavy atom. The molecule has 2 aromatic carbocycles. The van der Waals surface area contributed by atoms with Gasteiger partial charge < -0.3 is 28.4 Å². The van der Waals surface area contributed by atoms with Crippen molar-refractivity contribution in [3.05, 3.63) is 71.8 Å². The van der Waals surface area contributed by atoms with Crippen LogP contribution in [-0.2, 0) is 10.3 Å². The summed E-state index contributed by atoms with van der Waals surface area (Å²) in [4.78, 5) is 15.1. The van der Waals surface area contributed by atoms with Crippen molar-refractivity contribution in [3.63, 3.8) is 0 Å². The summed E-state index contributed by atoms with van der Waals surface area (Å²) in [6.45, 7) is 2.80. The fraction of sp³-hybridized carbons (Fsp3) is 0.346. The van der Waals surface area contributed by atoms with Crippen LogP contribution in [0.1, 0.15) is 37.2 Å². The van der Waals surface area contributed by atoms with Crippen molar-refractivity contribution < 1.29 is 29.6 Å². The van der Waals surface area contributed by atoms with Gasteiger partial charge in [-0.05, 0) is 49.4 Å². The van der Waals surface area contributed by atoms with E-state index in [0.717, 1.165) is 11.4 Å². The number of hydrogen-bond acceptors (Lipinski definition) is 5. The van der Waals surface area contributed by atoms with Crippen molar-refractivity contribution >= 4 is 5.91 Å². The zero-order chi connectivity index (χ0) is 23.9. The molecule has 0 N–H and O–H groups in total. The molecule has 8 heteroatoms. The number of ether oxygens (including phenoxy) is 4. The van der Waals surface area contributed by atoms with Gasteiger partial charge in [0.15, 0.2) is 23.4 Å². The number of amides is 1. The second-order valence-corrected chi connectivity index (χ2v) is 8.55. The van der Waals surface area contributed by atoms with Gasteiger partial charge in [-0.15, -0.1) is 0 Å². The van der Waals surface area contributed by atoms with Crippen LogP contribution in [0.5, 0.6) is 17.2 Å². The van der Waals surface area contributed by atoms with Crippen LogP contribution in [0.2, 0.25) is 0 Å². The number of likely N-dealkylation sites (tertiary alicyclic amines) is 1. The molecule has 3 heterocycles. The fourth-order valence-electron chi connectivity index (χ4n) is 4.73. The highest BCUT2D eigenvalue weighted by atomic mass is 19.1. The van der Waals surface area contributed by atoms with Crippen LogP contribution in [0.4, 0.5) is 4.39 Å². The van der Waals surface area contributed by atoms with Gasteiger partial charge in [0.05, 0.1) is 18.5 Å². The molecule has 7 nitrogen and oxygen atoms in total. The highest BCUT2D eigenvalue weighted by molar-refractivity contribution is 5.95. The van der Waals surface area contributed by atoms with Crippen molar-refractivity contribution in [2.75, 3.05) is 27.3 Å². The Balaban J connectivity index is 0.00000289. The number of rotatable bonds is 5. The molecule has 0 aliphatic carbocycles. The molecule has 34 heavy (non-hydrogen) atoms. The smallest absolute Gasteiger partial charge is 0.253 e. The molecule has 1 fully saturated rings. The maximum absolute atomic E-state index is 13.9. The van der Waals surface area contributed by atoms with Crippen LogP contribution in [0.3, 0.4) is 0 Å². The van der Waals surface area contributed by atoms with Crippen molar-refractivity contribution in [1.82, 2.24) is 9.47 Å². The van der Waals surface area contributed by atoms with Crippen LogP contribution >= 0.6 is 0 Å². The van der Waals surface area contributed by atoms with Gasteiger partial charge in [0.2, 0.25) is 0 Å². The van der Waals surface area contributed by atoms with E-state index in [0.29, 0.717) is 48.7 Å². The summed E-state index contributed by atoms with van der Waals surface area (Å²) in [6.07, 6.45) is 2.72. The lowest BCUT2D eigenvalue weighted by molar-refractivity contribution is -0.0395. The molecule has 0 saturated carbocycles. The van der Waals surface area contributed by atoms with Crippen LogP contribution in [-0.4, -0.2) is 49.0 Å². The summed E-state index contributed by atoms with van der Waals surface area (Å²) in [7, 11) is 3.09. The number of methoxy groups -OCH3 is 2. The Hall–Kier alpha value is -3.52. The number of piperidine rings is 1. The van der Waals surface area contributed by atoms with E-state index < -0.39 is 11.9 Å². The van der Waals surface area contributed by atoms with Crippen LogP contribution in [0, 0.1) is 5.82 Å². The third-order valence-corrected chi connectivity index (χ3v) is 6.60. The molecule has 2 aliphatic heterocycles. The number of fused-ring (bicyclic) bond motifs is 4. The van der Waals surface area contributed by atoms with Crippen LogP contribution < -0.4 is 14.2 Å². The largest absolute Gasteiger partial charge is 0.493 e. The van der Waals surface area contributed by atoms with E-state index in [9.17, 15) is 9.18 Å². The maximum atomic E-state index is 13.9. The van der Waals surface area contributed by atoms with E-state index in [2.05, 4.69) is 4.57 Å². The van der Waals surface area contributed by atoms with Crippen molar-refractivity contribution in [3.8, 4) is 22.9 Å². The van der Waals surface area contributed by atoms with Gasteiger partial charge in [0.25, 0.3) is 5.91 Å². The minimum Gasteiger partial charge on any atom is -0.493 e. The van der Waals surface area contributed by atoms with E-state index in [1.807, 2.05) is 23.2 Å². The maximum Gasteiger partial charge on any atom is 0.253 e. The summed E-state index contributed by atoms with van der Waals surface area (Å²) >= 11 is 0. The van der Waals surface area contributed by atoms with E-state index in [4.69, 9.17) is 18.9 Å². The molecule has 2 aliphatic rings. The predicted octanol–water partition coefficient (Wildman–Crippen LogP) is 4.77. The second kappa shape index (κ2) is 8.68. The van der Waals surface area contributed by atoms with Gasteiger partial charge in [-0.3, -0.25) is 4.79 Å². The first-order chi connectivity index (χ1) is 16.4. The highest BCUT2D eigenvalue weighted by Crippen LogP contribution is 2.45. The summed E-state index contributed by atoms with van der Waals surface area (Å²) in [5, 5.41) is 0. The molecule has 1 atom stereocenters. The van der Waals surface area contributed by atoms with E-state index >= 15 is 0 Å². The summed E-state index contributed by atoms with van der Waals surface area (Å²) in [5.41, 5.74) is 1.76. The number of halogens is 1. The first-order valence-corrected chi connectivity index (χ1v) is 11.3. The summed E-state index contributed by atoms with van der Waals surface area (Å²) in [6, 6.07) is 13.7. The fourth-order valence-corrected chi connectivity index (χ4v) is 4.73. The van der Waals surface area contributed by atoms with E-state index in [1.165, 1.54) is 19.2 Å². The Morgan fingerprint density at radius 3 is 2.65 bits per heavy atom. The molecule has 3 aromatic rings. The normalized spacial score (nSPS) is 16.9. The SMILES string of the molecule is COc1cc(C(=O)N2CCC3(CC2)Oc2cc(F)ccc2-n2cccc23)ccc1O[C@@H](C)OC.[HH]. The Kier molecular flexibility index (Phi) is 5.69. The quantitative estimate of drug-likeness (QED) is 0.505. The zero-order valence-corrected chi connectivity index (χ0v) is 19.4. The van der Waals surface area contributed by atoms with Crippen LogP contribution in [0.15, 0.2) is 54.7 Å². The standard InChI is InChI=1S/C26H27FN2O5.H2/c1-17(31-2)33-21-9-6-18(15-23(21)32-3)25(30)28-13-10-26(11-14-28)24-5-4-12-29(24)20-8-7-19(27)16-22(20)34-26;/h4-9,12,15-17H,10-11,13-14H2,1-3H3;1H/t17-;/m0./s1. The third kappa shape index (κ3) is 3.77. The van der Waals surface area contributed by atoms with Gasteiger partial charge in [0, 0.05) is 52.3 Å². The van der Waals surface area contributed by atoms with Crippen molar-refractivity contribution in [1.29, 1.82) is 0 Å². The molecule has 0 radical (unpaired) electrons. The van der Waals surface area contributed by atoms with Gasteiger partial charge in [-0.1, -0.05) is 0 Å². The average molecular weight is 469 g/mol.